The molecule has 28 heavy (non-hydrogen) atoms. The molecule has 0 saturated heterocycles. The van der Waals surface area contributed by atoms with Crippen LogP contribution in [0, 0.1) is 0 Å². The molecule has 1 rings (SSSR count). The van der Waals surface area contributed by atoms with Gasteiger partial charge in [0.2, 0.25) is 0 Å². The molecule has 0 radical (unpaired) electrons. The average molecular weight is 395 g/mol. The summed E-state index contributed by atoms with van der Waals surface area (Å²) >= 11 is 0. The maximum Gasteiger partial charge on any atom is 0.313 e. The predicted molar refractivity (Wildman–Crippen MR) is 115 cm³/mol. The van der Waals surface area contributed by atoms with Gasteiger partial charge in [0, 0.05) is 27.8 Å². The molecule has 0 aliphatic carbocycles. The van der Waals surface area contributed by atoms with Gasteiger partial charge in [-0.3, -0.25) is 0 Å². The Morgan fingerprint density at radius 2 is 1.29 bits per heavy atom. The number of hydrogen-bond donors (Lipinski definition) is 0. The van der Waals surface area contributed by atoms with Crippen LogP contribution >= 0.6 is 0 Å². The van der Waals surface area contributed by atoms with Crippen molar-refractivity contribution in [2.24, 2.45) is 0 Å². The number of ether oxygens (including phenoxy) is 4. The topological polar surface area (TPSA) is 36.9 Å². The second-order valence-electron chi connectivity index (χ2n) is 8.56. The third kappa shape index (κ3) is 7.14. The molecule has 162 valence electrons. The molecule has 0 saturated carbocycles. The highest BCUT2D eigenvalue weighted by molar-refractivity contribution is 5.18. The summed E-state index contributed by atoms with van der Waals surface area (Å²) in [5.74, 6) is -1.28. The van der Waals surface area contributed by atoms with Gasteiger partial charge in [0.15, 0.2) is 5.60 Å². The van der Waals surface area contributed by atoms with Crippen molar-refractivity contribution in [2.75, 3.05) is 21.3 Å². The van der Waals surface area contributed by atoms with Crippen LogP contribution in [0.5, 0.6) is 0 Å². The first-order valence-corrected chi connectivity index (χ1v) is 10.7. The van der Waals surface area contributed by atoms with E-state index in [0.717, 1.165) is 19.3 Å². The minimum atomic E-state index is -1.28. The van der Waals surface area contributed by atoms with Gasteiger partial charge in [-0.05, 0) is 32.8 Å². The third-order valence-corrected chi connectivity index (χ3v) is 5.13. The van der Waals surface area contributed by atoms with Crippen molar-refractivity contribution in [3.05, 3.63) is 35.9 Å². The summed E-state index contributed by atoms with van der Waals surface area (Å²) < 4.78 is 24.3. The zero-order chi connectivity index (χ0) is 21.1. The Hall–Kier alpha value is -0.940. The van der Waals surface area contributed by atoms with Gasteiger partial charge in [0.1, 0.15) is 0 Å². The molecule has 0 amide bonds. The van der Waals surface area contributed by atoms with Crippen LogP contribution in [0.4, 0.5) is 0 Å². The molecule has 1 aromatic rings. The number of unbranched alkanes of at least 4 members (excludes halogenated alkanes) is 5. The first-order chi connectivity index (χ1) is 13.3. The lowest BCUT2D eigenvalue weighted by atomic mass is 9.84. The molecule has 0 spiro atoms. The molecule has 1 aromatic carbocycles. The van der Waals surface area contributed by atoms with Crippen molar-refractivity contribution in [3.8, 4) is 0 Å². The first-order valence-electron chi connectivity index (χ1n) is 10.7. The molecular weight excluding hydrogens is 352 g/mol. The number of methoxy groups -OCH3 is 3. The van der Waals surface area contributed by atoms with Gasteiger partial charge in [0.25, 0.3) is 0 Å². The molecule has 4 heteroatoms. The van der Waals surface area contributed by atoms with Crippen molar-refractivity contribution < 1.29 is 18.9 Å². The monoisotopic (exact) mass is 394 g/mol. The highest BCUT2D eigenvalue weighted by Gasteiger charge is 2.56. The lowest BCUT2D eigenvalue weighted by Crippen LogP contribution is -2.63. The zero-order valence-electron chi connectivity index (χ0n) is 19.2. The molecule has 0 aromatic heterocycles. The van der Waals surface area contributed by atoms with Gasteiger partial charge < -0.3 is 18.9 Å². The summed E-state index contributed by atoms with van der Waals surface area (Å²) in [7, 11) is 4.88. The summed E-state index contributed by atoms with van der Waals surface area (Å²) in [4.78, 5) is 0. The molecule has 4 nitrogen and oxygen atoms in total. The fourth-order valence-corrected chi connectivity index (χ4v) is 4.01. The van der Waals surface area contributed by atoms with Crippen LogP contribution in [0.2, 0.25) is 0 Å². The lowest BCUT2D eigenvalue weighted by Gasteiger charge is -2.49. The normalized spacial score (nSPS) is 14.8. The molecule has 0 heterocycles. The highest BCUT2D eigenvalue weighted by atomic mass is 16.9. The SMILES string of the molecule is CCCCCCCCC(Cc1ccccc1)(OC(C)(C)C)C(OC)(OC)OC. The Morgan fingerprint density at radius 1 is 0.750 bits per heavy atom. The highest BCUT2D eigenvalue weighted by Crippen LogP contribution is 2.41. The smallest absolute Gasteiger partial charge is 0.313 e. The lowest BCUT2D eigenvalue weighted by molar-refractivity contribution is -0.437. The number of benzene rings is 1. The van der Waals surface area contributed by atoms with E-state index < -0.39 is 11.6 Å². The molecule has 0 N–H and O–H groups in total. The second-order valence-corrected chi connectivity index (χ2v) is 8.56. The van der Waals surface area contributed by atoms with Gasteiger partial charge in [-0.15, -0.1) is 0 Å². The summed E-state index contributed by atoms with van der Waals surface area (Å²) in [6.45, 7) is 8.45. The van der Waals surface area contributed by atoms with E-state index in [2.05, 4.69) is 52.0 Å². The van der Waals surface area contributed by atoms with Gasteiger partial charge in [-0.1, -0.05) is 75.8 Å². The van der Waals surface area contributed by atoms with E-state index in [0.29, 0.717) is 6.42 Å². The van der Waals surface area contributed by atoms with Gasteiger partial charge in [-0.2, -0.15) is 0 Å². The van der Waals surface area contributed by atoms with Crippen molar-refractivity contribution in [3.63, 3.8) is 0 Å². The summed E-state index contributed by atoms with van der Waals surface area (Å²) in [5.41, 5.74) is 0.0289. The quantitative estimate of drug-likeness (QED) is 0.281. The Labute approximate surface area is 172 Å². The largest absolute Gasteiger partial charge is 0.361 e. The number of hydrogen-bond acceptors (Lipinski definition) is 4. The maximum atomic E-state index is 6.72. The Morgan fingerprint density at radius 3 is 1.79 bits per heavy atom. The molecule has 1 unspecified atom stereocenters. The fraction of sp³-hybridized carbons (Fsp3) is 0.750. The molecule has 1 atom stereocenters. The molecular formula is C24H42O4. The van der Waals surface area contributed by atoms with E-state index >= 15 is 0 Å². The summed E-state index contributed by atoms with van der Waals surface area (Å²) in [5, 5.41) is 0. The molecule has 0 aliphatic heterocycles. The van der Waals surface area contributed by atoms with E-state index in [1.54, 1.807) is 21.3 Å². The Bertz CT molecular complexity index is 511. The van der Waals surface area contributed by atoms with Crippen LogP contribution in [-0.2, 0) is 25.4 Å². The van der Waals surface area contributed by atoms with Crippen LogP contribution in [0.1, 0.15) is 78.2 Å². The van der Waals surface area contributed by atoms with Crippen LogP contribution in [0.3, 0.4) is 0 Å². The third-order valence-electron chi connectivity index (χ3n) is 5.13. The Kier molecular flexibility index (Phi) is 10.7. The standard InChI is InChI=1S/C24H42O4/c1-8-9-10-11-12-16-19-23(28-22(2,3)4,24(25-5,26-6)27-7)20-21-17-14-13-15-18-21/h13-15,17-18H,8-12,16,19-20H2,1-7H3. The Balaban J connectivity index is 3.20. The maximum absolute atomic E-state index is 6.72. The first kappa shape index (κ1) is 25.1. The molecule has 0 fully saturated rings. The van der Waals surface area contributed by atoms with Crippen LogP contribution in [0.15, 0.2) is 30.3 Å². The fourth-order valence-electron chi connectivity index (χ4n) is 4.01. The van der Waals surface area contributed by atoms with Gasteiger partial charge in [0.05, 0.1) is 5.60 Å². The minimum absolute atomic E-state index is 0.377. The van der Waals surface area contributed by atoms with E-state index in [9.17, 15) is 0 Å². The average Bonchev–Trinajstić information content (AvgIpc) is 2.66. The minimum Gasteiger partial charge on any atom is -0.361 e. The van der Waals surface area contributed by atoms with Gasteiger partial charge in [-0.25, -0.2) is 0 Å². The molecule has 0 bridgehead atoms. The van der Waals surface area contributed by atoms with E-state index in [-0.39, 0.29) is 5.60 Å². The zero-order valence-corrected chi connectivity index (χ0v) is 19.2. The van der Waals surface area contributed by atoms with Crippen molar-refractivity contribution in [1.29, 1.82) is 0 Å². The second kappa shape index (κ2) is 11.9. The number of rotatable bonds is 14. The van der Waals surface area contributed by atoms with Crippen molar-refractivity contribution >= 4 is 0 Å². The van der Waals surface area contributed by atoms with Crippen LogP contribution < -0.4 is 0 Å². The summed E-state index contributed by atoms with van der Waals surface area (Å²) in [6, 6.07) is 10.4. The van der Waals surface area contributed by atoms with E-state index in [4.69, 9.17) is 18.9 Å². The summed E-state index contributed by atoms with van der Waals surface area (Å²) in [6.07, 6.45) is 8.71. The van der Waals surface area contributed by atoms with Crippen molar-refractivity contribution in [2.45, 2.75) is 96.2 Å². The van der Waals surface area contributed by atoms with Crippen LogP contribution in [0.25, 0.3) is 0 Å². The van der Waals surface area contributed by atoms with Crippen molar-refractivity contribution in [1.82, 2.24) is 0 Å². The molecule has 0 aliphatic rings. The van der Waals surface area contributed by atoms with E-state index in [1.165, 1.54) is 31.2 Å². The predicted octanol–water partition coefficient (Wildman–Crippen LogP) is 6.13. The van der Waals surface area contributed by atoms with Crippen LogP contribution in [-0.4, -0.2) is 38.5 Å². The van der Waals surface area contributed by atoms with Gasteiger partial charge >= 0.3 is 5.97 Å². The van der Waals surface area contributed by atoms with E-state index in [1.807, 2.05) is 6.07 Å².